The number of ether oxygens (including phenoxy) is 1. The number of amides is 1. The van der Waals surface area contributed by atoms with Crippen molar-refractivity contribution in [2.24, 2.45) is 5.92 Å². The second kappa shape index (κ2) is 12.5. The Morgan fingerprint density at radius 3 is 2.56 bits per heavy atom. The molecule has 2 N–H and O–H groups in total. The number of aliphatic hydroxyl groups excluding tert-OH is 1. The van der Waals surface area contributed by atoms with Crippen LogP contribution in [0.4, 0.5) is 11.4 Å². The molecule has 2 aliphatic rings. The number of fused-ring (bicyclic) bond motifs is 1. The fourth-order valence-electron chi connectivity index (χ4n) is 5.26. The Bertz CT molecular complexity index is 1350. The molecule has 6 nitrogen and oxygen atoms in total. The Kier molecular flexibility index (Phi) is 8.69. The predicted molar refractivity (Wildman–Crippen MR) is 158 cm³/mol. The number of nitrogens with one attached hydrogen (secondary N) is 1. The van der Waals surface area contributed by atoms with E-state index in [1.54, 1.807) is 6.08 Å². The van der Waals surface area contributed by atoms with E-state index in [4.69, 9.17) is 4.74 Å². The molecule has 0 saturated heterocycles. The van der Waals surface area contributed by atoms with Gasteiger partial charge in [0.05, 0.1) is 7.11 Å². The molecule has 5 rings (SSSR count). The number of thioether (sulfide) groups is 1. The summed E-state index contributed by atoms with van der Waals surface area (Å²) in [4.78, 5) is 28.2. The molecule has 7 heteroatoms. The van der Waals surface area contributed by atoms with Crippen LogP contribution in [-0.4, -0.2) is 36.4 Å². The first kappa shape index (κ1) is 27.0. The van der Waals surface area contributed by atoms with Crippen LogP contribution in [0.1, 0.15) is 49.5 Å². The van der Waals surface area contributed by atoms with Crippen molar-refractivity contribution >= 4 is 41.1 Å². The van der Waals surface area contributed by atoms with Crippen LogP contribution in [0.3, 0.4) is 0 Å². The molecular weight excluding hydrogens is 508 g/mol. The van der Waals surface area contributed by atoms with E-state index in [1.807, 2.05) is 60.3 Å². The highest BCUT2D eigenvalue weighted by atomic mass is 32.2. The molecule has 1 heterocycles. The first-order chi connectivity index (χ1) is 19.0. The molecule has 1 unspecified atom stereocenters. The zero-order valence-corrected chi connectivity index (χ0v) is 23.0. The first-order valence-electron chi connectivity index (χ1n) is 13.5. The summed E-state index contributed by atoms with van der Waals surface area (Å²) in [5, 5.41) is 15.0. The molecule has 1 saturated carbocycles. The summed E-state index contributed by atoms with van der Waals surface area (Å²) in [6, 6.07) is 21.5. The van der Waals surface area contributed by atoms with Gasteiger partial charge in [0.25, 0.3) is 0 Å². The molecule has 0 spiro atoms. The van der Waals surface area contributed by atoms with Crippen LogP contribution in [0.5, 0.6) is 0 Å². The van der Waals surface area contributed by atoms with Crippen LogP contribution >= 0.6 is 11.8 Å². The van der Waals surface area contributed by atoms with Crippen molar-refractivity contribution in [3.05, 3.63) is 83.9 Å². The Morgan fingerprint density at radius 1 is 1.03 bits per heavy atom. The van der Waals surface area contributed by atoms with Crippen molar-refractivity contribution in [2.75, 3.05) is 29.6 Å². The molecule has 1 aliphatic carbocycles. The maximum atomic E-state index is 13.8. The molecule has 202 valence electrons. The highest BCUT2D eigenvalue weighted by molar-refractivity contribution is 7.99. The average molecular weight is 543 g/mol. The number of nitrogens with zero attached hydrogens (tertiary/aromatic N) is 1. The summed E-state index contributed by atoms with van der Waals surface area (Å²) in [5.41, 5.74) is 5.32. The number of carbonyl (C=O) groups is 2. The van der Waals surface area contributed by atoms with Gasteiger partial charge in [-0.1, -0.05) is 61.7 Å². The molecule has 1 fully saturated rings. The normalized spacial score (nSPS) is 16.3. The van der Waals surface area contributed by atoms with E-state index in [9.17, 15) is 14.7 Å². The molecule has 1 amide bonds. The smallest absolute Gasteiger partial charge is 0.330 e. The minimum absolute atomic E-state index is 0.0698. The summed E-state index contributed by atoms with van der Waals surface area (Å²) in [6.45, 7) is 0.976. The van der Waals surface area contributed by atoms with Crippen LogP contribution in [-0.2, 0) is 14.3 Å². The standard InChI is InChI=1S/C32H34N2O4S/c1-38-30(35)17-10-22-6-5-9-27(20-22)34(31(36)24-7-3-2-4-8-24)32(37)25-13-11-23(12-14-25)26-15-16-28-29(21-26)39-19-18-33-28/h5-6,9-17,20-21,24,32-33,37H,2-4,7-8,18-19H2,1H3/b17-10+. The van der Waals surface area contributed by atoms with E-state index in [0.29, 0.717) is 11.3 Å². The second-order valence-corrected chi connectivity index (χ2v) is 11.1. The fraction of sp³-hybridized carbons (Fsp3) is 0.312. The van der Waals surface area contributed by atoms with Gasteiger partial charge in [0.1, 0.15) is 0 Å². The lowest BCUT2D eigenvalue weighted by atomic mass is 9.88. The topological polar surface area (TPSA) is 78.9 Å². The van der Waals surface area contributed by atoms with Gasteiger partial charge in [-0.15, -0.1) is 11.8 Å². The van der Waals surface area contributed by atoms with E-state index >= 15 is 0 Å². The highest BCUT2D eigenvalue weighted by Crippen LogP contribution is 2.36. The Labute approximate surface area is 234 Å². The quantitative estimate of drug-likeness (QED) is 0.197. The number of hydrogen-bond donors (Lipinski definition) is 2. The lowest BCUT2D eigenvalue weighted by Gasteiger charge is -2.33. The van der Waals surface area contributed by atoms with Gasteiger partial charge < -0.3 is 15.2 Å². The third-order valence-electron chi connectivity index (χ3n) is 7.40. The number of hydrogen-bond acceptors (Lipinski definition) is 6. The van der Waals surface area contributed by atoms with Gasteiger partial charge >= 0.3 is 5.97 Å². The van der Waals surface area contributed by atoms with E-state index in [2.05, 4.69) is 23.5 Å². The average Bonchev–Trinajstić information content (AvgIpc) is 3.00. The number of rotatable bonds is 7. The van der Waals surface area contributed by atoms with E-state index < -0.39 is 12.2 Å². The first-order valence-corrected chi connectivity index (χ1v) is 14.5. The van der Waals surface area contributed by atoms with Gasteiger partial charge in [0.15, 0.2) is 6.23 Å². The van der Waals surface area contributed by atoms with Crippen LogP contribution < -0.4 is 10.2 Å². The zero-order valence-electron chi connectivity index (χ0n) is 22.1. The largest absolute Gasteiger partial charge is 0.466 e. The SMILES string of the molecule is COC(=O)/C=C/c1cccc(N(C(=O)C2CCCCC2)C(O)c2ccc(-c3ccc4c(c3)SCCN4)cc2)c1. The van der Waals surface area contributed by atoms with Gasteiger partial charge in [-0.2, -0.15) is 0 Å². The summed E-state index contributed by atoms with van der Waals surface area (Å²) >= 11 is 1.85. The van der Waals surface area contributed by atoms with Crippen molar-refractivity contribution in [1.82, 2.24) is 0 Å². The van der Waals surface area contributed by atoms with Gasteiger partial charge in [-0.25, -0.2) is 4.79 Å². The lowest BCUT2D eigenvalue weighted by Crippen LogP contribution is -2.40. The third-order valence-corrected chi connectivity index (χ3v) is 8.45. The van der Waals surface area contributed by atoms with E-state index in [1.165, 1.54) is 28.7 Å². The summed E-state index contributed by atoms with van der Waals surface area (Å²) < 4.78 is 4.70. The van der Waals surface area contributed by atoms with Gasteiger partial charge in [0.2, 0.25) is 5.91 Å². The van der Waals surface area contributed by atoms with Gasteiger partial charge in [0, 0.05) is 46.1 Å². The molecule has 3 aromatic rings. The van der Waals surface area contributed by atoms with E-state index in [-0.39, 0.29) is 11.8 Å². The van der Waals surface area contributed by atoms with Crippen molar-refractivity contribution < 1.29 is 19.4 Å². The Balaban J connectivity index is 1.44. The fourth-order valence-corrected chi connectivity index (χ4v) is 6.19. The van der Waals surface area contributed by atoms with Crippen LogP contribution in [0.2, 0.25) is 0 Å². The Hall–Kier alpha value is -3.55. The van der Waals surface area contributed by atoms with Crippen molar-refractivity contribution in [2.45, 2.75) is 43.2 Å². The number of aliphatic hydroxyl groups is 1. The molecule has 39 heavy (non-hydrogen) atoms. The molecule has 1 aliphatic heterocycles. The lowest BCUT2D eigenvalue weighted by molar-refractivity contribution is -0.134. The number of anilines is 2. The number of carbonyl (C=O) groups excluding carboxylic acids is 2. The number of methoxy groups -OCH3 is 1. The molecule has 3 aromatic carbocycles. The van der Waals surface area contributed by atoms with E-state index in [0.717, 1.165) is 61.1 Å². The summed E-state index contributed by atoms with van der Waals surface area (Å²) in [7, 11) is 1.33. The highest BCUT2D eigenvalue weighted by Gasteiger charge is 2.32. The molecular formula is C32H34N2O4S. The second-order valence-electron chi connectivity index (χ2n) is 9.98. The molecule has 0 bridgehead atoms. The number of esters is 1. The van der Waals surface area contributed by atoms with Gasteiger partial charge in [-0.3, -0.25) is 9.69 Å². The minimum Gasteiger partial charge on any atom is -0.466 e. The predicted octanol–water partition coefficient (Wildman–Crippen LogP) is 6.66. The maximum absolute atomic E-state index is 13.8. The van der Waals surface area contributed by atoms with Crippen molar-refractivity contribution in [3.8, 4) is 11.1 Å². The summed E-state index contributed by atoms with van der Waals surface area (Å²) in [6.07, 6.45) is 6.68. The molecule has 0 radical (unpaired) electrons. The zero-order chi connectivity index (χ0) is 27.2. The third kappa shape index (κ3) is 6.37. The van der Waals surface area contributed by atoms with Gasteiger partial charge in [-0.05, 0) is 59.9 Å². The molecule has 0 aromatic heterocycles. The van der Waals surface area contributed by atoms with Crippen LogP contribution in [0.25, 0.3) is 17.2 Å². The summed E-state index contributed by atoms with van der Waals surface area (Å²) in [5.74, 6) is 0.402. The van der Waals surface area contributed by atoms with Crippen LogP contribution in [0, 0.1) is 5.92 Å². The number of benzene rings is 3. The minimum atomic E-state index is -1.14. The maximum Gasteiger partial charge on any atom is 0.330 e. The Morgan fingerprint density at radius 2 is 1.79 bits per heavy atom. The van der Waals surface area contributed by atoms with Crippen molar-refractivity contribution in [1.29, 1.82) is 0 Å². The monoisotopic (exact) mass is 542 g/mol. The van der Waals surface area contributed by atoms with Crippen molar-refractivity contribution in [3.63, 3.8) is 0 Å². The van der Waals surface area contributed by atoms with Crippen LogP contribution in [0.15, 0.2) is 77.7 Å². The molecule has 1 atom stereocenters.